The molecular weight excluding hydrogens is 286 g/mol. The van der Waals surface area contributed by atoms with E-state index in [0.29, 0.717) is 17.5 Å². The van der Waals surface area contributed by atoms with Gasteiger partial charge in [0.15, 0.2) is 10.4 Å². The van der Waals surface area contributed by atoms with Crippen molar-refractivity contribution in [3.05, 3.63) is 41.6 Å². The fourth-order valence-corrected chi connectivity index (χ4v) is 2.69. The molecule has 2 rings (SSSR count). The van der Waals surface area contributed by atoms with Crippen LogP contribution in [0.3, 0.4) is 0 Å². The molecule has 1 heterocycles. The number of carbonyl (C=O) groups excluding carboxylic acids is 1. The predicted octanol–water partition coefficient (Wildman–Crippen LogP) is 2.58. The molecule has 1 aromatic carbocycles. The maximum absolute atomic E-state index is 11.9. The first-order chi connectivity index (χ1) is 10.0. The molecule has 1 fully saturated rings. The van der Waals surface area contributed by atoms with Crippen molar-refractivity contribution in [2.45, 2.75) is 26.0 Å². The van der Waals surface area contributed by atoms with Crippen LogP contribution >= 0.6 is 11.8 Å². The van der Waals surface area contributed by atoms with E-state index in [-0.39, 0.29) is 5.97 Å². The first kappa shape index (κ1) is 15.4. The molecule has 0 aromatic heterocycles. The van der Waals surface area contributed by atoms with E-state index in [1.165, 1.54) is 17.3 Å². The lowest BCUT2D eigenvalue weighted by Gasteiger charge is -2.26. The van der Waals surface area contributed by atoms with Crippen LogP contribution in [-0.2, 0) is 9.53 Å². The third-order valence-corrected chi connectivity index (χ3v) is 4.30. The van der Waals surface area contributed by atoms with Crippen molar-refractivity contribution in [2.75, 3.05) is 6.61 Å². The molecule has 1 aromatic rings. The quantitative estimate of drug-likeness (QED) is 0.840. The lowest BCUT2D eigenvalue weighted by Crippen LogP contribution is -2.46. The summed E-state index contributed by atoms with van der Waals surface area (Å²) in [7, 11) is 0. The number of rotatable bonds is 3. The summed E-state index contributed by atoms with van der Waals surface area (Å²) in [5, 5.41) is 0.129. The molecule has 1 saturated heterocycles. The summed E-state index contributed by atoms with van der Waals surface area (Å²) in [6, 6.07) is 5.95. The number of hydrogen-bond acceptors (Lipinski definition) is 5. The third-order valence-electron chi connectivity index (χ3n) is 3.17. The highest BCUT2D eigenvalue weighted by Crippen LogP contribution is 2.27. The standard InChI is InChI=1S/C15H19N3O2S/c1-5-20-14(19)13-11(4)17-18-15(21-13)16-12-8-6-7-9(2)10(12)3/h6-8,13,17H,4-5H2,1-3H3,(H,16,18)/t13-/m1/s1. The summed E-state index contributed by atoms with van der Waals surface area (Å²) in [6.07, 6.45) is 0. The molecule has 0 aliphatic carbocycles. The number of aliphatic imine (C=N–C) groups is 1. The number of esters is 1. The van der Waals surface area contributed by atoms with Gasteiger partial charge in [0, 0.05) is 5.70 Å². The van der Waals surface area contributed by atoms with Crippen LogP contribution in [0.25, 0.3) is 0 Å². The minimum atomic E-state index is -0.491. The number of nitrogens with one attached hydrogen (secondary N) is 2. The van der Waals surface area contributed by atoms with E-state index >= 15 is 0 Å². The Morgan fingerprint density at radius 1 is 1.43 bits per heavy atom. The van der Waals surface area contributed by atoms with Crippen molar-refractivity contribution < 1.29 is 9.53 Å². The number of aryl methyl sites for hydroxylation is 1. The van der Waals surface area contributed by atoms with Crippen LogP contribution in [0.4, 0.5) is 5.69 Å². The second kappa shape index (κ2) is 6.67. The topological polar surface area (TPSA) is 62.7 Å². The van der Waals surface area contributed by atoms with Gasteiger partial charge >= 0.3 is 5.97 Å². The molecule has 0 bridgehead atoms. The molecule has 1 aliphatic heterocycles. The van der Waals surface area contributed by atoms with E-state index in [1.54, 1.807) is 6.92 Å². The minimum Gasteiger partial charge on any atom is -0.465 e. The Hall–Kier alpha value is -1.95. The lowest BCUT2D eigenvalue weighted by molar-refractivity contribution is -0.141. The Kier molecular flexibility index (Phi) is 4.90. The molecule has 1 atom stereocenters. The number of thioether (sulfide) groups is 1. The number of ether oxygens (including phenoxy) is 1. The van der Waals surface area contributed by atoms with Gasteiger partial charge in [-0.25, -0.2) is 4.99 Å². The highest BCUT2D eigenvalue weighted by molar-refractivity contribution is 8.15. The van der Waals surface area contributed by atoms with Crippen LogP contribution in [-0.4, -0.2) is 23.0 Å². The number of nitrogens with zero attached hydrogens (tertiary/aromatic N) is 1. The minimum absolute atomic E-state index is 0.310. The molecule has 6 heteroatoms. The van der Waals surface area contributed by atoms with Crippen LogP contribution in [0.2, 0.25) is 0 Å². The maximum atomic E-state index is 11.9. The van der Waals surface area contributed by atoms with Gasteiger partial charge in [-0.15, -0.1) is 0 Å². The summed E-state index contributed by atoms with van der Waals surface area (Å²) in [6.45, 7) is 10.0. The molecule has 0 spiro atoms. The molecule has 0 amide bonds. The van der Waals surface area contributed by atoms with Gasteiger partial charge in [-0.1, -0.05) is 30.5 Å². The number of amidine groups is 1. The van der Waals surface area contributed by atoms with Crippen molar-refractivity contribution in [3.63, 3.8) is 0 Å². The van der Waals surface area contributed by atoms with Gasteiger partial charge in [0.25, 0.3) is 0 Å². The molecule has 0 saturated carbocycles. The van der Waals surface area contributed by atoms with Crippen LogP contribution in [0.15, 0.2) is 35.5 Å². The van der Waals surface area contributed by atoms with Gasteiger partial charge in [0.2, 0.25) is 0 Å². The van der Waals surface area contributed by atoms with Crippen LogP contribution in [0.5, 0.6) is 0 Å². The van der Waals surface area contributed by atoms with Gasteiger partial charge < -0.3 is 10.2 Å². The predicted molar refractivity (Wildman–Crippen MR) is 86.4 cm³/mol. The smallest absolute Gasteiger partial charge is 0.325 e. The first-order valence-electron chi connectivity index (χ1n) is 6.72. The first-order valence-corrected chi connectivity index (χ1v) is 7.60. The Balaban J connectivity index is 2.21. The third kappa shape index (κ3) is 3.58. The summed E-state index contributed by atoms with van der Waals surface area (Å²) in [5.41, 5.74) is 9.56. The average molecular weight is 305 g/mol. The number of carbonyl (C=O) groups is 1. The molecule has 5 nitrogen and oxygen atoms in total. The van der Waals surface area contributed by atoms with Crippen molar-refractivity contribution in [3.8, 4) is 0 Å². The fraction of sp³-hybridized carbons (Fsp3) is 0.333. The van der Waals surface area contributed by atoms with Gasteiger partial charge in [0.1, 0.15) is 0 Å². The zero-order valence-corrected chi connectivity index (χ0v) is 13.2. The number of benzene rings is 1. The number of hydrogen-bond donors (Lipinski definition) is 2. The van der Waals surface area contributed by atoms with E-state index < -0.39 is 5.25 Å². The Bertz CT molecular complexity index is 599. The van der Waals surface area contributed by atoms with Crippen molar-refractivity contribution >= 4 is 28.6 Å². The molecule has 0 radical (unpaired) electrons. The SMILES string of the molecule is C=C1NNC(=Nc2cccc(C)c2C)S[C@H]1C(=O)OCC. The Labute approximate surface area is 128 Å². The van der Waals surface area contributed by atoms with Crippen LogP contribution < -0.4 is 10.9 Å². The van der Waals surface area contributed by atoms with E-state index in [1.807, 2.05) is 32.0 Å². The van der Waals surface area contributed by atoms with E-state index in [0.717, 1.165) is 11.3 Å². The Morgan fingerprint density at radius 3 is 2.90 bits per heavy atom. The fourth-order valence-electron chi connectivity index (χ4n) is 1.84. The summed E-state index contributed by atoms with van der Waals surface area (Å²) >= 11 is 1.30. The molecule has 112 valence electrons. The highest BCUT2D eigenvalue weighted by atomic mass is 32.2. The normalized spacial score (nSPS) is 19.9. The van der Waals surface area contributed by atoms with Gasteiger partial charge in [-0.2, -0.15) is 0 Å². The molecular formula is C15H19N3O2S. The maximum Gasteiger partial charge on any atom is 0.325 e. The van der Waals surface area contributed by atoms with E-state index in [4.69, 9.17) is 4.74 Å². The van der Waals surface area contributed by atoms with Gasteiger partial charge in [-0.05, 0) is 38.0 Å². The van der Waals surface area contributed by atoms with E-state index in [2.05, 4.69) is 22.4 Å². The van der Waals surface area contributed by atoms with Crippen molar-refractivity contribution in [1.29, 1.82) is 0 Å². The second-order valence-corrected chi connectivity index (χ2v) is 5.75. The molecule has 0 unspecified atom stereocenters. The molecule has 1 aliphatic rings. The summed E-state index contributed by atoms with van der Waals surface area (Å²) in [5.74, 6) is -0.310. The highest BCUT2D eigenvalue weighted by Gasteiger charge is 2.30. The van der Waals surface area contributed by atoms with Crippen LogP contribution in [0.1, 0.15) is 18.1 Å². The monoisotopic (exact) mass is 305 g/mol. The average Bonchev–Trinajstić information content (AvgIpc) is 2.46. The van der Waals surface area contributed by atoms with Crippen molar-refractivity contribution in [2.24, 2.45) is 4.99 Å². The molecule has 2 N–H and O–H groups in total. The zero-order chi connectivity index (χ0) is 15.4. The largest absolute Gasteiger partial charge is 0.465 e. The van der Waals surface area contributed by atoms with Gasteiger partial charge in [-0.3, -0.25) is 10.2 Å². The van der Waals surface area contributed by atoms with Crippen molar-refractivity contribution in [1.82, 2.24) is 10.9 Å². The van der Waals surface area contributed by atoms with E-state index in [9.17, 15) is 4.79 Å². The lowest BCUT2D eigenvalue weighted by atomic mass is 10.1. The zero-order valence-electron chi connectivity index (χ0n) is 12.4. The molecule has 21 heavy (non-hydrogen) atoms. The summed E-state index contributed by atoms with van der Waals surface area (Å²) in [4.78, 5) is 16.5. The van der Waals surface area contributed by atoms with Crippen LogP contribution in [0, 0.1) is 13.8 Å². The van der Waals surface area contributed by atoms with Gasteiger partial charge in [0.05, 0.1) is 12.3 Å². The summed E-state index contributed by atoms with van der Waals surface area (Å²) < 4.78 is 5.05. The Morgan fingerprint density at radius 2 is 2.19 bits per heavy atom. The number of hydrazine groups is 1. The second-order valence-electron chi connectivity index (χ2n) is 4.66.